The number of halogens is 1. The maximum atomic E-state index is 13.8. The van der Waals surface area contributed by atoms with Crippen LogP contribution in [0.5, 0.6) is 0 Å². The number of fused-ring (bicyclic) bond motifs is 1. The Hall–Kier alpha value is -2.74. The van der Waals surface area contributed by atoms with Crippen molar-refractivity contribution in [2.45, 2.75) is 0 Å². The number of benzene rings is 1. The van der Waals surface area contributed by atoms with Gasteiger partial charge in [-0.1, -0.05) is 0 Å². The van der Waals surface area contributed by atoms with Crippen LogP contribution in [0.2, 0.25) is 0 Å². The van der Waals surface area contributed by atoms with Crippen molar-refractivity contribution < 1.29 is 4.39 Å². The summed E-state index contributed by atoms with van der Waals surface area (Å²) in [4.78, 5) is 8.15. The van der Waals surface area contributed by atoms with E-state index in [9.17, 15) is 4.39 Å². The molecule has 0 atom stereocenters. The average molecular weight is 238 g/mol. The highest BCUT2D eigenvalue weighted by molar-refractivity contribution is 5.83. The zero-order chi connectivity index (χ0) is 12.5. The topological polar surface area (TPSA) is 54.5 Å². The monoisotopic (exact) mass is 238 g/mol. The second kappa shape index (κ2) is 3.93. The fraction of sp³-hybridized carbons (Fsp3) is 0. The molecule has 0 saturated heterocycles. The zero-order valence-corrected chi connectivity index (χ0v) is 9.21. The smallest absolute Gasteiger partial charge is 0.234 e. The molecule has 0 saturated carbocycles. The molecule has 0 N–H and O–H groups in total. The van der Waals surface area contributed by atoms with E-state index in [1.54, 1.807) is 35.2 Å². The van der Waals surface area contributed by atoms with E-state index in [1.807, 2.05) is 6.07 Å². The zero-order valence-electron chi connectivity index (χ0n) is 9.21. The van der Waals surface area contributed by atoms with Gasteiger partial charge in [-0.2, -0.15) is 5.26 Å². The molecule has 0 amide bonds. The number of nitriles is 1. The first kappa shape index (κ1) is 10.4. The van der Waals surface area contributed by atoms with E-state index in [4.69, 9.17) is 5.26 Å². The van der Waals surface area contributed by atoms with Crippen LogP contribution in [-0.4, -0.2) is 14.5 Å². The van der Waals surface area contributed by atoms with Gasteiger partial charge in [-0.25, -0.2) is 14.4 Å². The first-order chi connectivity index (χ1) is 8.79. The molecule has 2 heterocycles. The first-order valence-corrected chi connectivity index (χ1v) is 5.27. The molecule has 0 bridgehead atoms. The molecule has 18 heavy (non-hydrogen) atoms. The summed E-state index contributed by atoms with van der Waals surface area (Å²) in [5.41, 5.74) is 1.06. The van der Waals surface area contributed by atoms with Gasteiger partial charge in [0.05, 0.1) is 17.1 Å². The van der Waals surface area contributed by atoms with Crippen LogP contribution < -0.4 is 0 Å². The minimum absolute atomic E-state index is 0.390. The van der Waals surface area contributed by atoms with Gasteiger partial charge < -0.3 is 0 Å². The predicted molar refractivity (Wildman–Crippen MR) is 63.5 cm³/mol. The van der Waals surface area contributed by atoms with Crippen LogP contribution in [-0.2, 0) is 0 Å². The average Bonchev–Trinajstić information content (AvgIpc) is 2.77. The van der Waals surface area contributed by atoms with Crippen molar-refractivity contribution in [3.8, 4) is 12.0 Å². The molecule has 0 spiro atoms. The van der Waals surface area contributed by atoms with Crippen LogP contribution in [0.3, 0.4) is 0 Å². The number of hydrogen-bond acceptors (Lipinski definition) is 3. The summed E-state index contributed by atoms with van der Waals surface area (Å²) in [6, 6.07) is 8.53. The third-order valence-corrected chi connectivity index (χ3v) is 2.65. The molecule has 0 aliphatic carbocycles. The minimum Gasteiger partial charge on any atom is -0.282 e. The lowest BCUT2D eigenvalue weighted by Gasteiger charge is -2.01. The van der Waals surface area contributed by atoms with Gasteiger partial charge in [-0.15, -0.1) is 0 Å². The Bertz CT molecular complexity index is 756. The summed E-state index contributed by atoms with van der Waals surface area (Å²) in [6.07, 6.45) is 4.51. The third kappa shape index (κ3) is 1.52. The van der Waals surface area contributed by atoms with E-state index in [1.165, 1.54) is 12.3 Å². The normalized spacial score (nSPS) is 10.4. The molecule has 0 aliphatic rings. The van der Waals surface area contributed by atoms with Crippen LogP contribution in [0.4, 0.5) is 4.39 Å². The van der Waals surface area contributed by atoms with E-state index in [0.29, 0.717) is 22.4 Å². The second-order valence-corrected chi connectivity index (χ2v) is 3.74. The molecule has 0 unspecified atom stereocenters. The Balaban J connectivity index is 2.30. The van der Waals surface area contributed by atoms with Crippen molar-refractivity contribution in [3.05, 3.63) is 54.2 Å². The van der Waals surface area contributed by atoms with Gasteiger partial charge in [-0.05, 0) is 24.3 Å². The Morgan fingerprint density at radius 2 is 2.00 bits per heavy atom. The van der Waals surface area contributed by atoms with Crippen molar-refractivity contribution >= 4 is 10.9 Å². The highest BCUT2D eigenvalue weighted by Gasteiger charge is 2.11. The van der Waals surface area contributed by atoms with E-state index in [0.717, 1.165) is 0 Å². The lowest BCUT2D eigenvalue weighted by atomic mass is 10.2. The van der Waals surface area contributed by atoms with Crippen molar-refractivity contribution in [2.75, 3.05) is 0 Å². The summed E-state index contributed by atoms with van der Waals surface area (Å²) in [5, 5.41) is 9.20. The van der Waals surface area contributed by atoms with Gasteiger partial charge in [0, 0.05) is 24.0 Å². The fourth-order valence-corrected chi connectivity index (χ4v) is 1.84. The summed E-state index contributed by atoms with van der Waals surface area (Å²) >= 11 is 0. The first-order valence-electron chi connectivity index (χ1n) is 5.27. The quantitative estimate of drug-likeness (QED) is 0.654. The van der Waals surface area contributed by atoms with E-state index < -0.39 is 5.82 Å². The number of aromatic nitrogens is 3. The molecule has 86 valence electrons. The standard InChI is InChI=1S/C13H7FN4/c14-11-8-18(13-16-4-1-5-17-13)12-3-2-9(7-15)6-10(11)12/h1-6,8H. The molecule has 0 aliphatic heterocycles. The van der Waals surface area contributed by atoms with Gasteiger partial charge in [0.1, 0.15) is 5.82 Å². The van der Waals surface area contributed by atoms with E-state index >= 15 is 0 Å². The second-order valence-electron chi connectivity index (χ2n) is 3.74. The Labute approximate surface area is 102 Å². The van der Waals surface area contributed by atoms with Crippen LogP contribution >= 0.6 is 0 Å². The SMILES string of the molecule is N#Cc1ccc2c(c1)c(F)cn2-c1ncccn1. The Kier molecular flexibility index (Phi) is 2.27. The van der Waals surface area contributed by atoms with Crippen molar-refractivity contribution in [3.63, 3.8) is 0 Å². The molecule has 3 aromatic rings. The summed E-state index contributed by atoms with van der Waals surface area (Å²) < 4.78 is 15.4. The highest BCUT2D eigenvalue weighted by Crippen LogP contribution is 2.23. The molecule has 3 rings (SSSR count). The maximum absolute atomic E-state index is 13.8. The molecular formula is C13H7FN4. The summed E-state index contributed by atoms with van der Waals surface area (Å²) in [6.45, 7) is 0. The lowest BCUT2D eigenvalue weighted by Crippen LogP contribution is -1.97. The van der Waals surface area contributed by atoms with Gasteiger partial charge in [0.25, 0.3) is 0 Å². The number of nitrogens with zero attached hydrogens (tertiary/aromatic N) is 4. The van der Waals surface area contributed by atoms with Gasteiger partial charge in [0.15, 0.2) is 0 Å². The Morgan fingerprint density at radius 1 is 1.22 bits per heavy atom. The number of hydrogen-bond donors (Lipinski definition) is 0. The molecule has 5 heteroatoms. The van der Waals surface area contributed by atoms with E-state index in [2.05, 4.69) is 9.97 Å². The van der Waals surface area contributed by atoms with Crippen LogP contribution in [0.1, 0.15) is 5.56 Å². The minimum atomic E-state index is -0.394. The van der Waals surface area contributed by atoms with Gasteiger partial charge in [-0.3, -0.25) is 4.57 Å². The fourth-order valence-electron chi connectivity index (χ4n) is 1.84. The van der Waals surface area contributed by atoms with Crippen molar-refractivity contribution in [1.29, 1.82) is 5.26 Å². The maximum Gasteiger partial charge on any atom is 0.234 e. The molecule has 4 nitrogen and oxygen atoms in total. The van der Waals surface area contributed by atoms with Gasteiger partial charge >= 0.3 is 0 Å². The predicted octanol–water partition coefficient (Wildman–Crippen LogP) is 2.43. The molecule has 1 aromatic carbocycles. The van der Waals surface area contributed by atoms with Crippen molar-refractivity contribution in [2.24, 2.45) is 0 Å². The molecule has 0 radical (unpaired) electrons. The lowest BCUT2D eigenvalue weighted by molar-refractivity contribution is 0.635. The van der Waals surface area contributed by atoms with E-state index in [-0.39, 0.29) is 0 Å². The number of rotatable bonds is 1. The highest BCUT2D eigenvalue weighted by atomic mass is 19.1. The van der Waals surface area contributed by atoms with Crippen LogP contribution in [0.15, 0.2) is 42.9 Å². The van der Waals surface area contributed by atoms with Crippen molar-refractivity contribution in [1.82, 2.24) is 14.5 Å². The molecule has 2 aromatic heterocycles. The molecule has 0 fully saturated rings. The summed E-state index contributed by atoms with van der Waals surface area (Å²) in [7, 11) is 0. The van der Waals surface area contributed by atoms with Gasteiger partial charge in [0.2, 0.25) is 5.95 Å². The Morgan fingerprint density at radius 3 is 2.72 bits per heavy atom. The van der Waals surface area contributed by atoms with Crippen LogP contribution in [0, 0.1) is 17.1 Å². The third-order valence-electron chi connectivity index (χ3n) is 2.65. The largest absolute Gasteiger partial charge is 0.282 e. The molecular weight excluding hydrogens is 231 g/mol. The summed E-state index contributed by atoms with van der Waals surface area (Å²) in [5.74, 6) is 0.00524. The van der Waals surface area contributed by atoms with Crippen LogP contribution in [0.25, 0.3) is 16.9 Å².